The van der Waals surface area contributed by atoms with Gasteiger partial charge in [0.25, 0.3) is 5.56 Å². The maximum atomic E-state index is 13.1. The third-order valence-corrected chi connectivity index (χ3v) is 9.59. The van der Waals surface area contributed by atoms with E-state index in [4.69, 9.17) is 48.6 Å². The molecule has 18 heteroatoms. The number of halogens is 5. The van der Waals surface area contributed by atoms with Crippen LogP contribution < -0.4 is 31.1 Å². The van der Waals surface area contributed by atoms with Crippen LogP contribution in [0.1, 0.15) is 49.3 Å². The van der Waals surface area contributed by atoms with E-state index < -0.39 is 35.2 Å². The number of alkyl halides is 3. The highest BCUT2D eigenvalue weighted by Crippen LogP contribution is 2.33. The molecule has 0 fully saturated rings. The van der Waals surface area contributed by atoms with Gasteiger partial charge in [0.15, 0.2) is 6.10 Å². The predicted molar refractivity (Wildman–Crippen MR) is 210 cm³/mol. The Bertz CT molecular complexity index is 2520. The zero-order valence-corrected chi connectivity index (χ0v) is 33.3. The molecule has 0 spiro atoms. The number of nitrogens with zero attached hydrogens (tertiary/aromatic N) is 5. The van der Waals surface area contributed by atoms with E-state index in [1.165, 1.54) is 42.1 Å². The Morgan fingerprint density at radius 1 is 0.966 bits per heavy atom. The first kappa shape index (κ1) is 43.2. The minimum Gasteiger partial charge on any atom is -0.489 e. The van der Waals surface area contributed by atoms with Gasteiger partial charge in [-0.25, -0.2) is 19.0 Å². The van der Waals surface area contributed by atoms with Crippen LogP contribution in [0, 0.1) is 12.3 Å². The fraction of sp³-hybridized carbons (Fsp3) is 0.325. The largest absolute Gasteiger partial charge is 0.489 e. The number of carbonyl (C=O) groups is 1. The lowest BCUT2D eigenvalue weighted by Gasteiger charge is -2.17. The Morgan fingerprint density at radius 2 is 1.69 bits per heavy atom. The van der Waals surface area contributed by atoms with E-state index in [0.29, 0.717) is 60.3 Å². The summed E-state index contributed by atoms with van der Waals surface area (Å²) in [5.74, 6) is 3.82. The molecule has 0 N–H and O–H groups in total. The quantitative estimate of drug-likeness (QED) is 0.110. The van der Waals surface area contributed by atoms with Crippen LogP contribution in [-0.2, 0) is 48.7 Å². The van der Waals surface area contributed by atoms with Crippen LogP contribution in [0.4, 0.5) is 13.2 Å². The average Bonchev–Trinajstić information content (AvgIpc) is 3.53. The van der Waals surface area contributed by atoms with Gasteiger partial charge in [0.05, 0.1) is 28.5 Å². The molecule has 1 aliphatic heterocycles. The molecule has 6 rings (SSSR count). The van der Waals surface area contributed by atoms with Crippen molar-refractivity contribution in [1.82, 2.24) is 23.5 Å². The van der Waals surface area contributed by atoms with Gasteiger partial charge in [-0.05, 0) is 68.1 Å². The van der Waals surface area contributed by atoms with Gasteiger partial charge in [-0.1, -0.05) is 48.2 Å². The monoisotopic (exact) mass is 843 g/mol. The summed E-state index contributed by atoms with van der Waals surface area (Å²) < 4.78 is 64.8. The van der Waals surface area contributed by atoms with Crippen molar-refractivity contribution >= 4 is 29.2 Å². The first-order valence-corrected chi connectivity index (χ1v) is 18.6. The van der Waals surface area contributed by atoms with E-state index >= 15 is 0 Å². The van der Waals surface area contributed by atoms with Crippen molar-refractivity contribution in [2.75, 3.05) is 13.7 Å². The lowest BCUT2D eigenvalue weighted by atomic mass is 10.1. The van der Waals surface area contributed by atoms with Gasteiger partial charge < -0.3 is 18.9 Å². The van der Waals surface area contributed by atoms with E-state index in [1.54, 1.807) is 17.6 Å². The lowest BCUT2D eigenvalue weighted by Crippen LogP contribution is -2.40. The molecule has 0 saturated heterocycles. The molecule has 0 radical (unpaired) electrons. The summed E-state index contributed by atoms with van der Waals surface area (Å²) in [7, 11) is 2.22. The highest BCUT2D eigenvalue weighted by atomic mass is 35.5. The number of hydrogen-bond acceptors (Lipinski definition) is 9. The SMILES string of the molecule is C#CCOc1cc(-n2nc3n(c2=O)CCCC3)c(Cl)cc1Cl.CCc1ccc(COc2ccc(-n3c(=O)cc(C(F)(F)F)n(C)c3=O)cc2)c(OC(C)C(=O)OC)c1. The second kappa shape index (κ2) is 18.6. The number of esters is 1. The zero-order valence-electron chi connectivity index (χ0n) is 31.8. The Balaban J connectivity index is 0.000000247. The average molecular weight is 845 g/mol. The van der Waals surface area contributed by atoms with Crippen molar-refractivity contribution in [3.63, 3.8) is 0 Å². The number of aromatic nitrogens is 5. The minimum absolute atomic E-state index is 0.0779. The van der Waals surface area contributed by atoms with Crippen LogP contribution in [0.15, 0.2) is 75.0 Å². The molecule has 0 saturated carbocycles. The van der Waals surface area contributed by atoms with Crippen LogP contribution in [0.25, 0.3) is 11.4 Å². The molecule has 5 aromatic rings. The summed E-state index contributed by atoms with van der Waals surface area (Å²) in [4.78, 5) is 49.0. The van der Waals surface area contributed by atoms with E-state index in [1.807, 2.05) is 25.1 Å². The molecule has 1 atom stereocenters. The molecule has 0 amide bonds. The highest BCUT2D eigenvalue weighted by Gasteiger charge is 2.35. The smallest absolute Gasteiger partial charge is 0.431 e. The van der Waals surface area contributed by atoms with E-state index in [9.17, 15) is 32.3 Å². The topological polar surface area (TPSA) is 138 Å². The molecule has 58 heavy (non-hydrogen) atoms. The third-order valence-electron chi connectivity index (χ3n) is 8.99. The van der Waals surface area contributed by atoms with E-state index in [2.05, 4.69) is 11.0 Å². The normalized spacial score (nSPS) is 12.7. The maximum Gasteiger partial charge on any atom is 0.431 e. The van der Waals surface area contributed by atoms with Crippen LogP contribution in [0.3, 0.4) is 0 Å². The molecular weight excluding hydrogens is 806 g/mol. The minimum atomic E-state index is -4.84. The molecule has 13 nitrogen and oxygen atoms in total. The number of benzene rings is 3. The Morgan fingerprint density at radius 3 is 2.33 bits per heavy atom. The van der Waals surface area contributed by atoms with Gasteiger partial charge >= 0.3 is 23.5 Å². The van der Waals surface area contributed by atoms with Gasteiger partial charge in [-0.2, -0.15) is 17.9 Å². The van der Waals surface area contributed by atoms with E-state index in [-0.39, 0.29) is 24.6 Å². The van der Waals surface area contributed by atoms with Gasteiger partial charge in [0.2, 0.25) is 0 Å². The fourth-order valence-electron chi connectivity index (χ4n) is 5.91. The number of carbonyl (C=O) groups excluding carboxylic acids is 1. The first-order chi connectivity index (χ1) is 27.6. The molecular formula is C40H38Cl2F3N5O8. The fourth-order valence-corrected chi connectivity index (χ4v) is 6.43. The first-order valence-electron chi connectivity index (χ1n) is 17.8. The standard InChI is InChI=1S/C25H25F3N2O6.C15H13Cl2N3O2/c1-5-16-6-7-17(20(12-16)36-15(2)23(32)34-4)14-35-19-10-8-18(9-11-19)30-22(31)13-21(25(26,27)28)29(3)24(30)33;1-2-7-22-13-9-12(10(16)8-11(13)17)20-15(21)19-6-4-3-5-14(19)18-20/h6-13,15H,5,14H2,1-4H3;1,8-9H,3-7H2. The number of methoxy groups -OCH3 is 1. The van der Waals surface area contributed by atoms with E-state index in [0.717, 1.165) is 44.1 Å². The number of ether oxygens (including phenoxy) is 4. The van der Waals surface area contributed by atoms with Gasteiger partial charge in [-0.15, -0.1) is 11.5 Å². The van der Waals surface area contributed by atoms with Crippen LogP contribution >= 0.6 is 23.2 Å². The van der Waals surface area contributed by atoms with Crippen molar-refractivity contribution in [3.05, 3.63) is 125 Å². The summed E-state index contributed by atoms with van der Waals surface area (Å²) in [5, 5.41) is 5.04. The van der Waals surface area contributed by atoms with Crippen molar-refractivity contribution in [3.8, 4) is 41.0 Å². The van der Waals surface area contributed by atoms with Gasteiger partial charge in [0, 0.05) is 37.7 Å². The number of fused-ring (bicyclic) bond motifs is 1. The molecule has 306 valence electrons. The summed E-state index contributed by atoms with van der Waals surface area (Å²) >= 11 is 12.3. The summed E-state index contributed by atoms with van der Waals surface area (Å²) in [6, 6.07) is 14.8. The lowest BCUT2D eigenvalue weighted by molar-refractivity contribution is -0.148. The second-order valence-electron chi connectivity index (χ2n) is 12.9. The van der Waals surface area contributed by atoms with Gasteiger partial charge in [-0.3, -0.25) is 13.9 Å². The molecule has 3 aromatic carbocycles. The van der Waals surface area contributed by atoms with Crippen molar-refractivity contribution in [1.29, 1.82) is 0 Å². The summed E-state index contributed by atoms with van der Waals surface area (Å²) in [5.41, 5.74) is -1.57. The maximum absolute atomic E-state index is 13.1. The van der Waals surface area contributed by atoms with Crippen molar-refractivity contribution in [2.24, 2.45) is 7.05 Å². The second-order valence-corrected chi connectivity index (χ2v) is 13.7. The van der Waals surface area contributed by atoms with Crippen molar-refractivity contribution < 1.29 is 36.9 Å². The van der Waals surface area contributed by atoms with Crippen LogP contribution in [-0.4, -0.2) is 49.3 Å². The number of terminal acetylenes is 1. The highest BCUT2D eigenvalue weighted by molar-refractivity contribution is 6.36. The third kappa shape index (κ3) is 9.78. The Labute approximate surface area is 340 Å². The Hall–Kier alpha value is -5.92. The molecule has 0 aliphatic carbocycles. The summed E-state index contributed by atoms with van der Waals surface area (Å²) in [6.07, 6.45) is 3.06. The molecule has 2 aromatic heterocycles. The van der Waals surface area contributed by atoms with Gasteiger partial charge in [0.1, 0.15) is 42.0 Å². The zero-order chi connectivity index (χ0) is 42.3. The Kier molecular flexibility index (Phi) is 13.8. The number of rotatable bonds is 11. The van der Waals surface area contributed by atoms with Crippen molar-refractivity contribution in [2.45, 2.75) is 65.0 Å². The molecule has 1 aliphatic rings. The molecule has 1 unspecified atom stereocenters. The predicted octanol–water partition coefficient (Wildman–Crippen LogP) is 6.33. The van der Waals surface area contributed by atoms with Crippen LogP contribution in [0.5, 0.6) is 17.2 Å². The number of hydrogen-bond donors (Lipinski definition) is 0. The molecule has 3 heterocycles. The summed E-state index contributed by atoms with van der Waals surface area (Å²) in [6.45, 7) is 4.39. The van der Waals surface area contributed by atoms with Crippen LogP contribution in [0.2, 0.25) is 10.0 Å². The molecule has 0 bridgehead atoms. The number of aryl methyl sites for hydroxylation is 2.